The van der Waals surface area contributed by atoms with Crippen LogP contribution >= 0.6 is 0 Å². The molecular formula is C15H22N4O. The number of hydrogen-bond acceptors (Lipinski definition) is 4. The minimum Gasteiger partial charge on any atom is -0.506 e. The molecule has 0 bridgehead atoms. The van der Waals surface area contributed by atoms with Crippen LogP contribution in [0.4, 0.5) is 0 Å². The predicted molar refractivity (Wildman–Crippen MR) is 77.8 cm³/mol. The highest BCUT2D eigenvalue weighted by Crippen LogP contribution is 2.21. The predicted octanol–water partition coefficient (Wildman–Crippen LogP) is 2.10. The van der Waals surface area contributed by atoms with E-state index in [1.54, 1.807) is 22.8 Å². The van der Waals surface area contributed by atoms with Gasteiger partial charge in [0.2, 0.25) is 0 Å². The lowest BCUT2D eigenvalue weighted by Gasteiger charge is -2.35. The van der Waals surface area contributed by atoms with E-state index >= 15 is 0 Å². The molecule has 108 valence electrons. The van der Waals surface area contributed by atoms with Crippen LogP contribution in [0.1, 0.15) is 32.5 Å². The van der Waals surface area contributed by atoms with Gasteiger partial charge in [0.15, 0.2) is 11.5 Å². The zero-order chi connectivity index (χ0) is 14.1. The molecule has 0 amide bonds. The van der Waals surface area contributed by atoms with Crippen LogP contribution in [0.3, 0.4) is 0 Å². The Morgan fingerprint density at radius 1 is 1.40 bits per heavy atom. The molecule has 0 saturated carbocycles. The summed E-state index contributed by atoms with van der Waals surface area (Å²) in [6.45, 7) is 6.86. The Balaban J connectivity index is 1.72. The lowest BCUT2D eigenvalue weighted by Crippen LogP contribution is -2.40. The number of rotatable bonds is 3. The Bertz CT molecular complexity index is 593. The second kappa shape index (κ2) is 5.40. The standard InChI is InChI=1S/C15H22N4O/c1-11(2)18-7-3-4-12(9-18)8-14-16-15-6-5-13(20)10-19(15)17-14/h5-6,10-12,20H,3-4,7-9H2,1-2H3. The Morgan fingerprint density at radius 3 is 3.05 bits per heavy atom. The van der Waals surface area contributed by atoms with Gasteiger partial charge in [-0.2, -0.15) is 5.10 Å². The monoisotopic (exact) mass is 274 g/mol. The molecule has 0 radical (unpaired) electrons. The minimum atomic E-state index is 0.220. The van der Waals surface area contributed by atoms with Gasteiger partial charge in [-0.3, -0.25) is 0 Å². The third-order valence-corrected chi connectivity index (χ3v) is 4.11. The Morgan fingerprint density at radius 2 is 2.25 bits per heavy atom. The molecule has 2 aromatic rings. The second-order valence-electron chi connectivity index (χ2n) is 6.02. The second-order valence-corrected chi connectivity index (χ2v) is 6.02. The molecule has 0 aliphatic carbocycles. The zero-order valence-electron chi connectivity index (χ0n) is 12.2. The van der Waals surface area contributed by atoms with Gasteiger partial charge in [0.25, 0.3) is 0 Å². The van der Waals surface area contributed by atoms with Crippen molar-refractivity contribution in [1.29, 1.82) is 0 Å². The molecule has 1 fully saturated rings. The molecule has 1 unspecified atom stereocenters. The molecule has 1 saturated heterocycles. The summed E-state index contributed by atoms with van der Waals surface area (Å²) in [7, 11) is 0. The van der Waals surface area contributed by atoms with E-state index in [0.29, 0.717) is 12.0 Å². The number of hydrogen-bond donors (Lipinski definition) is 1. The van der Waals surface area contributed by atoms with Crippen LogP contribution < -0.4 is 0 Å². The van der Waals surface area contributed by atoms with E-state index in [9.17, 15) is 5.11 Å². The van der Waals surface area contributed by atoms with Gasteiger partial charge in [0.1, 0.15) is 5.75 Å². The van der Waals surface area contributed by atoms with Gasteiger partial charge in [0.05, 0.1) is 6.20 Å². The van der Waals surface area contributed by atoms with E-state index in [1.165, 1.54) is 19.4 Å². The van der Waals surface area contributed by atoms with Crippen molar-refractivity contribution in [2.24, 2.45) is 5.92 Å². The van der Waals surface area contributed by atoms with E-state index in [0.717, 1.165) is 24.4 Å². The normalized spacial score (nSPS) is 20.9. The van der Waals surface area contributed by atoms with E-state index in [4.69, 9.17) is 0 Å². The number of likely N-dealkylation sites (tertiary alicyclic amines) is 1. The first-order valence-corrected chi connectivity index (χ1v) is 7.40. The van der Waals surface area contributed by atoms with E-state index in [2.05, 4.69) is 28.8 Å². The number of piperidine rings is 1. The molecule has 5 nitrogen and oxygen atoms in total. The van der Waals surface area contributed by atoms with Crippen LogP contribution in [0.15, 0.2) is 18.3 Å². The first-order valence-electron chi connectivity index (χ1n) is 7.40. The van der Waals surface area contributed by atoms with Gasteiger partial charge in [-0.05, 0) is 51.3 Å². The van der Waals surface area contributed by atoms with Crippen molar-refractivity contribution in [2.45, 2.75) is 39.2 Å². The molecule has 0 spiro atoms. The summed E-state index contributed by atoms with van der Waals surface area (Å²) in [6, 6.07) is 4.06. The highest BCUT2D eigenvalue weighted by molar-refractivity contribution is 5.40. The first kappa shape index (κ1) is 13.4. The molecule has 0 aromatic carbocycles. The fraction of sp³-hybridized carbons (Fsp3) is 0.600. The van der Waals surface area contributed by atoms with Gasteiger partial charge >= 0.3 is 0 Å². The van der Waals surface area contributed by atoms with E-state index in [-0.39, 0.29) is 5.75 Å². The molecule has 1 atom stereocenters. The summed E-state index contributed by atoms with van der Waals surface area (Å²) >= 11 is 0. The molecular weight excluding hydrogens is 252 g/mol. The van der Waals surface area contributed by atoms with E-state index < -0.39 is 0 Å². The average molecular weight is 274 g/mol. The van der Waals surface area contributed by atoms with Gasteiger partial charge in [-0.15, -0.1) is 0 Å². The van der Waals surface area contributed by atoms with Crippen LogP contribution in [-0.4, -0.2) is 43.7 Å². The fourth-order valence-corrected chi connectivity index (χ4v) is 3.00. The number of aromatic nitrogens is 3. The molecule has 2 aromatic heterocycles. The van der Waals surface area contributed by atoms with Crippen LogP contribution in [0.25, 0.3) is 5.65 Å². The fourth-order valence-electron chi connectivity index (χ4n) is 3.00. The molecule has 3 rings (SSSR count). The van der Waals surface area contributed by atoms with Crippen molar-refractivity contribution in [1.82, 2.24) is 19.5 Å². The lowest BCUT2D eigenvalue weighted by atomic mass is 9.94. The maximum Gasteiger partial charge on any atom is 0.155 e. The summed E-state index contributed by atoms with van der Waals surface area (Å²) in [5.74, 6) is 1.74. The summed E-state index contributed by atoms with van der Waals surface area (Å²) in [5, 5.41) is 13.9. The number of pyridine rings is 1. The number of fused-ring (bicyclic) bond motifs is 1. The SMILES string of the molecule is CC(C)N1CCCC(Cc2nc3ccc(O)cn3n2)C1. The van der Waals surface area contributed by atoms with Crippen molar-refractivity contribution < 1.29 is 5.11 Å². The summed E-state index contributed by atoms with van der Waals surface area (Å²) in [6.07, 6.45) is 5.04. The van der Waals surface area contributed by atoms with Crippen LogP contribution in [-0.2, 0) is 6.42 Å². The topological polar surface area (TPSA) is 53.7 Å². The molecule has 1 aliphatic heterocycles. The number of aromatic hydroxyl groups is 1. The third kappa shape index (κ3) is 2.77. The van der Waals surface area contributed by atoms with Gasteiger partial charge < -0.3 is 10.0 Å². The maximum atomic E-state index is 9.46. The Hall–Kier alpha value is -1.62. The highest BCUT2D eigenvalue weighted by atomic mass is 16.3. The minimum absolute atomic E-state index is 0.220. The van der Waals surface area contributed by atoms with Crippen molar-refractivity contribution in [3.8, 4) is 5.75 Å². The third-order valence-electron chi connectivity index (χ3n) is 4.11. The lowest BCUT2D eigenvalue weighted by molar-refractivity contribution is 0.138. The Kier molecular flexibility index (Phi) is 3.61. The van der Waals surface area contributed by atoms with Crippen LogP contribution in [0, 0.1) is 5.92 Å². The zero-order valence-corrected chi connectivity index (χ0v) is 12.2. The number of nitrogens with zero attached hydrogens (tertiary/aromatic N) is 4. The van der Waals surface area contributed by atoms with Crippen molar-refractivity contribution in [2.75, 3.05) is 13.1 Å². The summed E-state index contributed by atoms with van der Waals surface area (Å²) in [5.41, 5.74) is 0.800. The Labute approximate surface area is 119 Å². The largest absolute Gasteiger partial charge is 0.506 e. The van der Waals surface area contributed by atoms with Gasteiger partial charge in [-0.1, -0.05) is 0 Å². The van der Waals surface area contributed by atoms with Crippen LogP contribution in [0.5, 0.6) is 5.75 Å². The smallest absolute Gasteiger partial charge is 0.155 e. The average Bonchev–Trinajstić information content (AvgIpc) is 2.80. The quantitative estimate of drug-likeness (QED) is 0.931. The van der Waals surface area contributed by atoms with Crippen molar-refractivity contribution in [3.63, 3.8) is 0 Å². The van der Waals surface area contributed by atoms with Gasteiger partial charge in [0, 0.05) is 19.0 Å². The first-order chi connectivity index (χ1) is 9.61. The molecule has 1 N–H and O–H groups in total. The molecule has 5 heteroatoms. The maximum absolute atomic E-state index is 9.46. The highest BCUT2D eigenvalue weighted by Gasteiger charge is 2.23. The molecule has 3 heterocycles. The van der Waals surface area contributed by atoms with E-state index in [1.807, 2.05) is 0 Å². The van der Waals surface area contributed by atoms with Crippen molar-refractivity contribution >= 4 is 5.65 Å². The molecule has 20 heavy (non-hydrogen) atoms. The van der Waals surface area contributed by atoms with Gasteiger partial charge in [-0.25, -0.2) is 9.50 Å². The molecule has 1 aliphatic rings. The van der Waals surface area contributed by atoms with Crippen LogP contribution in [0.2, 0.25) is 0 Å². The summed E-state index contributed by atoms with van der Waals surface area (Å²) in [4.78, 5) is 7.08. The summed E-state index contributed by atoms with van der Waals surface area (Å²) < 4.78 is 1.66. The van der Waals surface area contributed by atoms with Crippen molar-refractivity contribution in [3.05, 3.63) is 24.2 Å².